The molecule has 1 aromatic heterocycles. The lowest BCUT2D eigenvalue weighted by atomic mass is 9.96. The maximum absolute atomic E-state index is 2.48. The van der Waals surface area contributed by atoms with E-state index in [1.54, 1.807) is 0 Å². The van der Waals surface area contributed by atoms with Gasteiger partial charge in [0, 0.05) is 27.6 Å². The van der Waals surface area contributed by atoms with Crippen molar-refractivity contribution in [3.63, 3.8) is 0 Å². The van der Waals surface area contributed by atoms with E-state index in [1.807, 2.05) is 0 Å². The normalized spacial score (nSPS) is 11.3. The minimum atomic E-state index is 1.13. The molecule has 226 valence electrons. The summed E-state index contributed by atoms with van der Waals surface area (Å²) >= 11 is 0. The summed E-state index contributed by atoms with van der Waals surface area (Å²) in [6, 6.07) is 69.9. The molecule has 0 aliphatic rings. The van der Waals surface area contributed by atoms with Gasteiger partial charge in [-0.3, -0.25) is 0 Å². The monoisotopic (exact) mass is 612 g/mol. The van der Waals surface area contributed by atoms with Crippen LogP contribution in [0.15, 0.2) is 194 Å². The molecule has 0 fully saturated rings. The first-order chi connectivity index (χ1) is 23.8. The summed E-state index contributed by atoms with van der Waals surface area (Å²) in [5, 5.41) is 4.91. The van der Waals surface area contributed by atoms with E-state index in [2.05, 4.69) is 204 Å². The van der Waals surface area contributed by atoms with E-state index < -0.39 is 0 Å². The van der Waals surface area contributed by atoms with E-state index in [0.29, 0.717) is 0 Å². The van der Waals surface area contributed by atoms with Crippen molar-refractivity contribution in [1.29, 1.82) is 0 Å². The van der Waals surface area contributed by atoms with Gasteiger partial charge in [0.2, 0.25) is 0 Å². The first-order valence-corrected chi connectivity index (χ1v) is 16.5. The summed E-state index contributed by atoms with van der Waals surface area (Å²) in [6.45, 7) is 0. The second-order valence-electron chi connectivity index (χ2n) is 12.2. The Balaban J connectivity index is 1.38. The van der Waals surface area contributed by atoms with Crippen LogP contribution in [0.3, 0.4) is 0 Å². The molecule has 0 aliphatic carbocycles. The maximum Gasteiger partial charge on any atom is 0.0562 e. The number of anilines is 3. The van der Waals surface area contributed by atoms with Crippen LogP contribution in [0.25, 0.3) is 60.5 Å². The van der Waals surface area contributed by atoms with E-state index in [9.17, 15) is 0 Å². The van der Waals surface area contributed by atoms with Crippen LogP contribution in [0.2, 0.25) is 0 Å². The van der Waals surface area contributed by atoms with Crippen LogP contribution < -0.4 is 4.90 Å². The molecule has 0 amide bonds. The zero-order valence-electron chi connectivity index (χ0n) is 26.4. The SMILES string of the molecule is c1ccc(-c2ccccc2N(c2ccccc2-c2ccc3ccccc3c2)c2cccc3c2c2ccccc2n3-c2ccccc2)cc1. The topological polar surface area (TPSA) is 8.17 Å². The Labute approximate surface area is 280 Å². The van der Waals surface area contributed by atoms with Crippen molar-refractivity contribution in [1.82, 2.24) is 4.57 Å². The highest BCUT2D eigenvalue weighted by Gasteiger charge is 2.24. The fourth-order valence-electron chi connectivity index (χ4n) is 7.23. The van der Waals surface area contributed by atoms with Crippen LogP contribution in [0.1, 0.15) is 0 Å². The Bertz CT molecular complexity index is 2560. The van der Waals surface area contributed by atoms with Crippen molar-refractivity contribution >= 4 is 49.6 Å². The van der Waals surface area contributed by atoms with Gasteiger partial charge in [-0.05, 0) is 70.4 Å². The number of hydrogen-bond donors (Lipinski definition) is 0. The predicted octanol–water partition coefficient (Wildman–Crippen LogP) is 12.7. The molecule has 0 saturated carbocycles. The van der Waals surface area contributed by atoms with Crippen LogP contribution >= 0.6 is 0 Å². The molecular weight excluding hydrogens is 581 g/mol. The van der Waals surface area contributed by atoms with E-state index >= 15 is 0 Å². The third kappa shape index (κ3) is 4.66. The molecule has 48 heavy (non-hydrogen) atoms. The molecule has 0 aliphatic heterocycles. The summed E-state index contributed by atoms with van der Waals surface area (Å²) in [4.78, 5) is 2.48. The molecule has 8 aromatic carbocycles. The summed E-state index contributed by atoms with van der Waals surface area (Å²) in [7, 11) is 0. The molecular formula is C46H32N2. The van der Waals surface area contributed by atoms with Crippen LogP contribution in [0.4, 0.5) is 17.1 Å². The number of benzene rings is 8. The summed E-state index contributed by atoms with van der Waals surface area (Å²) in [5.41, 5.74) is 11.6. The van der Waals surface area contributed by atoms with Crippen LogP contribution in [-0.2, 0) is 0 Å². The zero-order valence-corrected chi connectivity index (χ0v) is 26.4. The molecule has 0 N–H and O–H groups in total. The molecule has 1 heterocycles. The van der Waals surface area contributed by atoms with Gasteiger partial charge in [0.25, 0.3) is 0 Å². The van der Waals surface area contributed by atoms with Gasteiger partial charge in [-0.1, -0.05) is 146 Å². The fraction of sp³-hybridized carbons (Fsp3) is 0. The molecule has 0 unspecified atom stereocenters. The molecule has 9 rings (SSSR count). The molecule has 2 nitrogen and oxygen atoms in total. The average molecular weight is 613 g/mol. The standard InChI is InChI=1S/C46H32N2/c1-3-17-34(18-4-1)38-22-9-12-25-41(38)48(42-26-13-10-23-39(42)36-31-30-33-16-7-8-19-35(33)32-36)45-29-15-28-44-46(45)40-24-11-14-27-43(40)47(44)37-20-5-2-6-21-37/h1-32H. The maximum atomic E-state index is 2.48. The molecule has 0 atom stereocenters. The van der Waals surface area contributed by atoms with Crippen LogP contribution in [0, 0.1) is 0 Å². The molecule has 0 saturated heterocycles. The zero-order chi connectivity index (χ0) is 31.9. The van der Waals surface area contributed by atoms with Gasteiger partial charge in [0.05, 0.1) is 28.1 Å². The highest BCUT2D eigenvalue weighted by molar-refractivity contribution is 6.17. The largest absolute Gasteiger partial charge is 0.309 e. The molecule has 2 heteroatoms. The minimum absolute atomic E-state index is 1.13. The van der Waals surface area contributed by atoms with Gasteiger partial charge in [-0.2, -0.15) is 0 Å². The molecule has 9 aromatic rings. The van der Waals surface area contributed by atoms with Crippen LogP contribution in [-0.4, -0.2) is 4.57 Å². The van der Waals surface area contributed by atoms with Gasteiger partial charge < -0.3 is 9.47 Å². The second-order valence-corrected chi connectivity index (χ2v) is 12.2. The van der Waals surface area contributed by atoms with Crippen molar-refractivity contribution in [2.24, 2.45) is 0 Å². The quantitative estimate of drug-likeness (QED) is 0.181. The van der Waals surface area contributed by atoms with Gasteiger partial charge in [-0.25, -0.2) is 0 Å². The van der Waals surface area contributed by atoms with Gasteiger partial charge in [0.15, 0.2) is 0 Å². The highest BCUT2D eigenvalue weighted by atomic mass is 15.2. The Hall–Kier alpha value is -6.38. The summed E-state index contributed by atoms with van der Waals surface area (Å²) in [6.07, 6.45) is 0. The lowest BCUT2D eigenvalue weighted by Gasteiger charge is -2.30. The summed E-state index contributed by atoms with van der Waals surface area (Å²) < 4.78 is 2.39. The Kier molecular flexibility index (Phi) is 6.84. The number of rotatable bonds is 6. The minimum Gasteiger partial charge on any atom is -0.309 e. The van der Waals surface area contributed by atoms with Crippen molar-refractivity contribution in [2.75, 3.05) is 4.90 Å². The smallest absolute Gasteiger partial charge is 0.0562 e. The third-order valence-electron chi connectivity index (χ3n) is 9.37. The third-order valence-corrected chi connectivity index (χ3v) is 9.37. The van der Waals surface area contributed by atoms with Gasteiger partial charge in [0.1, 0.15) is 0 Å². The van der Waals surface area contributed by atoms with E-state index in [4.69, 9.17) is 0 Å². The summed E-state index contributed by atoms with van der Waals surface area (Å²) in [5.74, 6) is 0. The van der Waals surface area contributed by atoms with E-state index in [0.717, 1.165) is 22.7 Å². The molecule has 0 spiro atoms. The molecule has 0 bridgehead atoms. The number of nitrogens with zero attached hydrogens (tertiary/aromatic N) is 2. The lowest BCUT2D eigenvalue weighted by Crippen LogP contribution is -2.13. The number of para-hydroxylation sites is 4. The fourth-order valence-corrected chi connectivity index (χ4v) is 7.23. The lowest BCUT2D eigenvalue weighted by molar-refractivity contribution is 1.18. The van der Waals surface area contributed by atoms with E-state index in [1.165, 1.54) is 54.8 Å². The predicted molar refractivity (Wildman–Crippen MR) is 204 cm³/mol. The van der Waals surface area contributed by atoms with Crippen molar-refractivity contribution < 1.29 is 0 Å². The van der Waals surface area contributed by atoms with Gasteiger partial charge >= 0.3 is 0 Å². The van der Waals surface area contributed by atoms with Crippen molar-refractivity contribution in [2.45, 2.75) is 0 Å². The number of aromatic nitrogens is 1. The molecule has 0 radical (unpaired) electrons. The first-order valence-electron chi connectivity index (χ1n) is 16.5. The average Bonchev–Trinajstić information content (AvgIpc) is 3.51. The number of fused-ring (bicyclic) bond motifs is 4. The highest BCUT2D eigenvalue weighted by Crippen LogP contribution is 2.48. The second kappa shape index (κ2) is 11.8. The van der Waals surface area contributed by atoms with Crippen LogP contribution in [0.5, 0.6) is 0 Å². The van der Waals surface area contributed by atoms with Gasteiger partial charge in [-0.15, -0.1) is 0 Å². The van der Waals surface area contributed by atoms with E-state index in [-0.39, 0.29) is 0 Å². The Morgan fingerprint density at radius 2 is 0.917 bits per heavy atom. The van der Waals surface area contributed by atoms with Crippen molar-refractivity contribution in [3.05, 3.63) is 194 Å². The first kappa shape index (κ1) is 27.9. The Morgan fingerprint density at radius 1 is 0.354 bits per heavy atom. The Morgan fingerprint density at radius 3 is 1.69 bits per heavy atom. The van der Waals surface area contributed by atoms with Crippen molar-refractivity contribution in [3.8, 4) is 27.9 Å². The number of hydrogen-bond acceptors (Lipinski definition) is 1.